The summed E-state index contributed by atoms with van der Waals surface area (Å²) in [7, 11) is 0. The summed E-state index contributed by atoms with van der Waals surface area (Å²) in [5.74, 6) is 0. The molecule has 0 fully saturated rings. The zero-order valence-corrected chi connectivity index (χ0v) is 11.4. The Bertz CT molecular complexity index is 508. The molecule has 3 rings (SSSR count). The first-order valence-electron chi connectivity index (χ1n) is 6.27. The van der Waals surface area contributed by atoms with E-state index in [0.29, 0.717) is 0 Å². The molecule has 0 aromatic heterocycles. The lowest BCUT2D eigenvalue weighted by Gasteiger charge is -2.14. The summed E-state index contributed by atoms with van der Waals surface area (Å²) < 4.78 is 0. The van der Waals surface area contributed by atoms with Crippen molar-refractivity contribution in [3.63, 3.8) is 0 Å². The molecule has 1 aliphatic heterocycles. The van der Waals surface area contributed by atoms with Gasteiger partial charge in [0.25, 0.3) is 0 Å². The summed E-state index contributed by atoms with van der Waals surface area (Å²) in [4.78, 5) is 3.84. The largest absolute Gasteiger partial charge is 0.291 e. The van der Waals surface area contributed by atoms with Crippen LogP contribution in [-0.2, 0) is 19.6 Å². The van der Waals surface area contributed by atoms with Gasteiger partial charge in [0.2, 0.25) is 0 Å². The van der Waals surface area contributed by atoms with Crippen molar-refractivity contribution in [2.24, 2.45) is 0 Å². The number of hydrogen-bond donors (Lipinski definition) is 0. The summed E-state index contributed by atoms with van der Waals surface area (Å²) in [5, 5.41) is 0. The van der Waals surface area contributed by atoms with Crippen LogP contribution in [0.4, 0.5) is 0 Å². The average Bonchev–Trinajstić information content (AvgIpc) is 2.82. The molecule has 0 radical (unpaired) electrons. The van der Waals surface area contributed by atoms with E-state index in [4.69, 9.17) is 0 Å². The number of fused-ring (bicyclic) bond motifs is 1. The molecule has 0 unspecified atom stereocenters. The molecule has 1 nitrogen and oxygen atoms in total. The molecule has 0 atom stereocenters. The van der Waals surface area contributed by atoms with Gasteiger partial charge >= 0.3 is 0 Å². The monoisotopic (exact) mass is 255 g/mol. The molecule has 0 spiro atoms. The molecule has 0 amide bonds. The quantitative estimate of drug-likeness (QED) is 0.765. The van der Waals surface area contributed by atoms with E-state index in [1.54, 1.807) is 11.8 Å². The number of thioether (sulfide) groups is 1. The smallest absolute Gasteiger partial charge is 0.0244 e. The van der Waals surface area contributed by atoms with Gasteiger partial charge in [-0.1, -0.05) is 36.4 Å². The van der Waals surface area contributed by atoms with Crippen LogP contribution in [0.3, 0.4) is 0 Å². The van der Waals surface area contributed by atoms with Crippen LogP contribution in [-0.4, -0.2) is 11.2 Å². The molecule has 1 heterocycles. The molecular formula is C16H17NS. The fraction of sp³-hybridized carbons (Fsp3) is 0.250. The van der Waals surface area contributed by atoms with Crippen LogP contribution in [0, 0.1) is 0 Å². The lowest BCUT2D eigenvalue weighted by Crippen LogP contribution is -2.15. The molecule has 0 saturated carbocycles. The van der Waals surface area contributed by atoms with Crippen molar-refractivity contribution in [1.29, 1.82) is 0 Å². The third-order valence-electron chi connectivity index (χ3n) is 3.47. The molecule has 2 aromatic carbocycles. The van der Waals surface area contributed by atoms with E-state index in [1.165, 1.54) is 21.6 Å². The van der Waals surface area contributed by atoms with E-state index in [1.807, 2.05) is 0 Å². The molecule has 0 aliphatic carbocycles. The van der Waals surface area contributed by atoms with Crippen LogP contribution in [0.5, 0.6) is 0 Å². The second-order valence-electron chi connectivity index (χ2n) is 4.76. The van der Waals surface area contributed by atoms with Crippen LogP contribution in [0.1, 0.15) is 16.7 Å². The van der Waals surface area contributed by atoms with Crippen molar-refractivity contribution in [1.82, 2.24) is 4.90 Å². The highest BCUT2D eigenvalue weighted by atomic mass is 32.2. The second-order valence-corrected chi connectivity index (χ2v) is 5.64. The first kappa shape index (κ1) is 11.8. The third kappa shape index (κ3) is 2.45. The van der Waals surface area contributed by atoms with Crippen molar-refractivity contribution >= 4 is 11.8 Å². The maximum absolute atomic E-state index is 2.50. The highest BCUT2D eigenvalue weighted by Gasteiger charge is 2.17. The number of rotatable bonds is 3. The Hall–Kier alpha value is -1.25. The highest BCUT2D eigenvalue weighted by molar-refractivity contribution is 7.98. The minimum Gasteiger partial charge on any atom is -0.291 e. The van der Waals surface area contributed by atoms with E-state index in [9.17, 15) is 0 Å². The summed E-state index contributed by atoms with van der Waals surface area (Å²) in [6.07, 6.45) is 2.12. The summed E-state index contributed by atoms with van der Waals surface area (Å²) in [6, 6.07) is 17.7. The van der Waals surface area contributed by atoms with Gasteiger partial charge in [0.1, 0.15) is 0 Å². The lowest BCUT2D eigenvalue weighted by atomic mass is 10.1. The minimum absolute atomic E-state index is 1.04. The Balaban J connectivity index is 1.68. The van der Waals surface area contributed by atoms with Crippen LogP contribution in [0.15, 0.2) is 53.4 Å². The third-order valence-corrected chi connectivity index (χ3v) is 4.22. The van der Waals surface area contributed by atoms with Gasteiger partial charge in [-0.2, -0.15) is 0 Å². The fourth-order valence-electron chi connectivity index (χ4n) is 2.50. The average molecular weight is 255 g/mol. The molecule has 18 heavy (non-hydrogen) atoms. The molecule has 2 heteroatoms. The topological polar surface area (TPSA) is 3.24 Å². The number of benzene rings is 2. The van der Waals surface area contributed by atoms with Gasteiger partial charge in [-0.15, -0.1) is 11.8 Å². The maximum Gasteiger partial charge on any atom is 0.0244 e. The first-order chi connectivity index (χ1) is 8.85. The Morgan fingerprint density at radius 3 is 2.11 bits per heavy atom. The molecule has 0 saturated heterocycles. The molecule has 0 N–H and O–H groups in total. The first-order valence-corrected chi connectivity index (χ1v) is 7.50. The molecule has 2 aromatic rings. The van der Waals surface area contributed by atoms with Gasteiger partial charge < -0.3 is 0 Å². The van der Waals surface area contributed by atoms with Crippen LogP contribution in [0.2, 0.25) is 0 Å². The van der Waals surface area contributed by atoms with E-state index in [2.05, 4.69) is 59.7 Å². The normalized spacial score (nSPS) is 14.7. The van der Waals surface area contributed by atoms with E-state index in [-0.39, 0.29) is 0 Å². The van der Waals surface area contributed by atoms with Crippen molar-refractivity contribution in [2.75, 3.05) is 6.26 Å². The predicted octanol–water partition coefficient (Wildman–Crippen LogP) is 3.92. The van der Waals surface area contributed by atoms with Gasteiger partial charge in [0.05, 0.1) is 0 Å². The summed E-state index contributed by atoms with van der Waals surface area (Å²) >= 11 is 1.80. The standard InChI is InChI=1S/C16H17NS/c1-18-16-8-6-13(7-9-16)10-17-11-14-4-2-3-5-15(14)12-17/h2-9H,10-12H2,1H3. The zero-order chi connectivity index (χ0) is 12.4. The van der Waals surface area contributed by atoms with Crippen LogP contribution < -0.4 is 0 Å². The molecule has 0 bridgehead atoms. The molecule has 1 aliphatic rings. The maximum atomic E-state index is 2.50. The second kappa shape index (κ2) is 5.17. The fourth-order valence-corrected chi connectivity index (χ4v) is 2.91. The number of nitrogens with zero attached hydrogens (tertiary/aromatic N) is 1. The molecular weight excluding hydrogens is 238 g/mol. The Labute approximate surface area is 113 Å². The lowest BCUT2D eigenvalue weighted by molar-refractivity contribution is 0.275. The minimum atomic E-state index is 1.04. The van der Waals surface area contributed by atoms with Crippen LogP contribution in [0.25, 0.3) is 0 Å². The van der Waals surface area contributed by atoms with Crippen LogP contribution >= 0.6 is 11.8 Å². The Morgan fingerprint density at radius 1 is 0.944 bits per heavy atom. The predicted molar refractivity (Wildman–Crippen MR) is 77.6 cm³/mol. The van der Waals surface area contributed by atoms with Crippen molar-refractivity contribution in [2.45, 2.75) is 24.5 Å². The van der Waals surface area contributed by atoms with Gasteiger partial charge in [-0.05, 0) is 35.1 Å². The van der Waals surface area contributed by atoms with Gasteiger partial charge in [0, 0.05) is 24.5 Å². The zero-order valence-electron chi connectivity index (χ0n) is 10.6. The van der Waals surface area contributed by atoms with Gasteiger partial charge in [-0.25, -0.2) is 0 Å². The summed E-state index contributed by atoms with van der Waals surface area (Å²) in [6.45, 7) is 3.21. The highest BCUT2D eigenvalue weighted by Crippen LogP contribution is 2.24. The van der Waals surface area contributed by atoms with Crippen molar-refractivity contribution in [3.8, 4) is 0 Å². The SMILES string of the molecule is CSc1ccc(CN2Cc3ccccc3C2)cc1. The Morgan fingerprint density at radius 2 is 1.56 bits per heavy atom. The van der Waals surface area contributed by atoms with Crippen molar-refractivity contribution in [3.05, 3.63) is 65.2 Å². The van der Waals surface area contributed by atoms with E-state index in [0.717, 1.165) is 19.6 Å². The van der Waals surface area contributed by atoms with Gasteiger partial charge in [0.15, 0.2) is 0 Å². The van der Waals surface area contributed by atoms with E-state index >= 15 is 0 Å². The number of hydrogen-bond acceptors (Lipinski definition) is 2. The van der Waals surface area contributed by atoms with Crippen molar-refractivity contribution < 1.29 is 0 Å². The molecule has 92 valence electrons. The Kier molecular flexibility index (Phi) is 3.39. The summed E-state index contributed by atoms with van der Waals surface area (Å²) in [5.41, 5.74) is 4.37. The van der Waals surface area contributed by atoms with E-state index < -0.39 is 0 Å². The van der Waals surface area contributed by atoms with Gasteiger partial charge in [-0.3, -0.25) is 4.90 Å².